The Kier molecular flexibility index (Phi) is 3.04. The van der Waals surface area contributed by atoms with Crippen molar-refractivity contribution in [3.8, 4) is 11.6 Å². The smallest absolute Gasteiger partial charge is 0.243 e. The largest absolute Gasteiger partial charge is 0.437 e. The van der Waals surface area contributed by atoms with Gasteiger partial charge in [-0.3, -0.25) is 4.98 Å². The van der Waals surface area contributed by atoms with Crippen molar-refractivity contribution in [1.82, 2.24) is 15.2 Å². The lowest BCUT2D eigenvalue weighted by Crippen LogP contribution is -2.02. The zero-order valence-corrected chi connectivity index (χ0v) is 10.2. The number of benzene rings is 1. The first-order valence-corrected chi connectivity index (χ1v) is 5.90. The summed E-state index contributed by atoms with van der Waals surface area (Å²) in [5.41, 5.74) is 7.32. The summed E-state index contributed by atoms with van der Waals surface area (Å²) in [5.74, 6) is 1.10. The Bertz CT molecular complexity index is 714. The van der Waals surface area contributed by atoms with Crippen molar-refractivity contribution in [3.05, 3.63) is 54.4 Å². The molecule has 0 saturated carbocycles. The van der Waals surface area contributed by atoms with E-state index in [1.807, 2.05) is 30.3 Å². The summed E-state index contributed by atoms with van der Waals surface area (Å²) >= 11 is 0. The lowest BCUT2D eigenvalue weighted by Gasteiger charge is -2.08. The van der Waals surface area contributed by atoms with Crippen molar-refractivity contribution in [1.29, 1.82) is 0 Å². The molecule has 1 aromatic carbocycles. The quantitative estimate of drug-likeness (QED) is 0.774. The molecule has 0 radical (unpaired) electrons. The number of nitrogens with zero attached hydrogens (tertiary/aromatic N) is 3. The molecule has 5 heteroatoms. The van der Waals surface area contributed by atoms with Crippen LogP contribution < -0.4 is 10.5 Å². The van der Waals surface area contributed by atoms with E-state index in [2.05, 4.69) is 15.2 Å². The maximum atomic E-state index is 5.71. The highest BCUT2D eigenvalue weighted by molar-refractivity contribution is 5.79. The molecule has 94 valence electrons. The Morgan fingerprint density at radius 2 is 2.05 bits per heavy atom. The van der Waals surface area contributed by atoms with E-state index in [0.29, 0.717) is 18.2 Å². The first kappa shape index (κ1) is 11.6. The minimum absolute atomic E-state index is 0.358. The van der Waals surface area contributed by atoms with Crippen LogP contribution in [0.15, 0.2) is 48.8 Å². The Morgan fingerprint density at radius 1 is 1.11 bits per heavy atom. The zero-order chi connectivity index (χ0) is 13.1. The topological polar surface area (TPSA) is 73.9 Å². The standard InChI is InChI=1S/C14H12N4O/c15-9-11-5-7-17-18-14(11)19-12-4-3-10-2-1-6-16-13(10)8-12/h1-8H,9,15H2. The van der Waals surface area contributed by atoms with Gasteiger partial charge in [-0.05, 0) is 24.3 Å². The fourth-order valence-electron chi connectivity index (χ4n) is 1.81. The monoisotopic (exact) mass is 252 g/mol. The van der Waals surface area contributed by atoms with Gasteiger partial charge < -0.3 is 10.5 Å². The molecule has 2 heterocycles. The number of rotatable bonds is 3. The molecule has 0 fully saturated rings. The van der Waals surface area contributed by atoms with Gasteiger partial charge in [0.25, 0.3) is 0 Å². The molecule has 0 aliphatic rings. The van der Waals surface area contributed by atoms with E-state index < -0.39 is 0 Å². The number of hydrogen-bond donors (Lipinski definition) is 1. The van der Waals surface area contributed by atoms with Gasteiger partial charge in [0.05, 0.1) is 11.7 Å². The third-order valence-electron chi connectivity index (χ3n) is 2.78. The van der Waals surface area contributed by atoms with Gasteiger partial charge in [-0.25, -0.2) is 0 Å². The van der Waals surface area contributed by atoms with Crippen LogP contribution in [0.5, 0.6) is 11.6 Å². The van der Waals surface area contributed by atoms with Crippen LogP contribution >= 0.6 is 0 Å². The van der Waals surface area contributed by atoms with Crippen LogP contribution in [0.25, 0.3) is 10.9 Å². The summed E-state index contributed by atoms with van der Waals surface area (Å²) in [4.78, 5) is 4.29. The second-order valence-corrected chi connectivity index (χ2v) is 4.03. The molecule has 2 aromatic heterocycles. The van der Waals surface area contributed by atoms with Crippen molar-refractivity contribution in [3.63, 3.8) is 0 Å². The fourth-order valence-corrected chi connectivity index (χ4v) is 1.81. The van der Waals surface area contributed by atoms with Crippen LogP contribution in [0, 0.1) is 0 Å². The van der Waals surface area contributed by atoms with E-state index in [0.717, 1.165) is 16.5 Å². The Balaban J connectivity index is 1.96. The van der Waals surface area contributed by atoms with Crippen molar-refractivity contribution < 1.29 is 4.74 Å². The highest BCUT2D eigenvalue weighted by atomic mass is 16.5. The van der Waals surface area contributed by atoms with E-state index in [4.69, 9.17) is 10.5 Å². The number of ether oxygens (including phenoxy) is 1. The molecule has 5 nitrogen and oxygen atoms in total. The molecule has 19 heavy (non-hydrogen) atoms. The maximum absolute atomic E-state index is 5.71. The van der Waals surface area contributed by atoms with E-state index >= 15 is 0 Å². The number of pyridine rings is 1. The average Bonchev–Trinajstić information content (AvgIpc) is 2.48. The minimum Gasteiger partial charge on any atom is -0.437 e. The highest BCUT2D eigenvalue weighted by Crippen LogP contribution is 2.24. The summed E-state index contributed by atoms with van der Waals surface area (Å²) in [6.07, 6.45) is 3.34. The zero-order valence-electron chi connectivity index (χ0n) is 10.2. The summed E-state index contributed by atoms with van der Waals surface area (Å²) in [6, 6.07) is 11.4. The van der Waals surface area contributed by atoms with E-state index in [1.54, 1.807) is 18.5 Å². The van der Waals surface area contributed by atoms with Crippen LogP contribution in [0.3, 0.4) is 0 Å². The first-order valence-electron chi connectivity index (χ1n) is 5.90. The van der Waals surface area contributed by atoms with E-state index in [-0.39, 0.29) is 0 Å². The fraction of sp³-hybridized carbons (Fsp3) is 0.0714. The van der Waals surface area contributed by atoms with Gasteiger partial charge in [0.2, 0.25) is 5.88 Å². The first-order chi connectivity index (χ1) is 9.36. The summed E-state index contributed by atoms with van der Waals surface area (Å²) in [6.45, 7) is 0.358. The van der Waals surface area contributed by atoms with Crippen molar-refractivity contribution >= 4 is 10.9 Å². The van der Waals surface area contributed by atoms with Gasteiger partial charge in [0, 0.05) is 29.8 Å². The molecule has 3 aromatic rings. The average molecular weight is 252 g/mol. The van der Waals surface area contributed by atoms with E-state index in [9.17, 15) is 0 Å². The highest BCUT2D eigenvalue weighted by Gasteiger charge is 2.06. The molecule has 0 unspecified atom stereocenters. The SMILES string of the molecule is NCc1ccnnc1Oc1ccc2cccnc2c1. The van der Waals surface area contributed by atoms with Gasteiger partial charge in [0.1, 0.15) is 5.75 Å². The van der Waals surface area contributed by atoms with Gasteiger partial charge in [-0.1, -0.05) is 6.07 Å². The molecule has 0 saturated heterocycles. The number of nitrogens with two attached hydrogens (primary N) is 1. The molecule has 0 atom stereocenters. The van der Waals surface area contributed by atoms with E-state index in [1.165, 1.54) is 0 Å². The molecule has 0 aliphatic heterocycles. The molecular weight excluding hydrogens is 240 g/mol. The summed E-state index contributed by atoms with van der Waals surface area (Å²) in [5, 5.41) is 8.82. The second-order valence-electron chi connectivity index (χ2n) is 4.03. The van der Waals surface area contributed by atoms with Crippen LogP contribution in [0.4, 0.5) is 0 Å². The van der Waals surface area contributed by atoms with Gasteiger partial charge in [0.15, 0.2) is 0 Å². The number of fused-ring (bicyclic) bond motifs is 1. The van der Waals surface area contributed by atoms with Crippen LogP contribution in [0.2, 0.25) is 0 Å². The third-order valence-corrected chi connectivity index (χ3v) is 2.78. The summed E-state index contributed by atoms with van der Waals surface area (Å²) in [7, 11) is 0. The molecule has 0 aliphatic carbocycles. The predicted molar refractivity (Wildman–Crippen MR) is 71.7 cm³/mol. The lowest BCUT2D eigenvalue weighted by molar-refractivity contribution is 0.449. The molecule has 2 N–H and O–H groups in total. The molecule has 0 spiro atoms. The Morgan fingerprint density at radius 3 is 2.95 bits per heavy atom. The molecular formula is C14H12N4O. The molecule has 0 amide bonds. The van der Waals surface area contributed by atoms with Crippen molar-refractivity contribution in [2.24, 2.45) is 5.73 Å². The lowest BCUT2D eigenvalue weighted by atomic mass is 10.2. The third kappa shape index (κ3) is 2.36. The normalized spacial score (nSPS) is 10.6. The van der Waals surface area contributed by atoms with Crippen molar-refractivity contribution in [2.75, 3.05) is 0 Å². The maximum Gasteiger partial charge on any atom is 0.243 e. The number of aromatic nitrogens is 3. The van der Waals surface area contributed by atoms with Gasteiger partial charge >= 0.3 is 0 Å². The summed E-state index contributed by atoms with van der Waals surface area (Å²) < 4.78 is 5.71. The van der Waals surface area contributed by atoms with Gasteiger partial charge in [-0.2, -0.15) is 5.10 Å². The van der Waals surface area contributed by atoms with Crippen LogP contribution in [-0.4, -0.2) is 15.2 Å². The van der Waals surface area contributed by atoms with Gasteiger partial charge in [-0.15, -0.1) is 5.10 Å². The minimum atomic E-state index is 0.358. The number of hydrogen-bond acceptors (Lipinski definition) is 5. The van der Waals surface area contributed by atoms with Crippen molar-refractivity contribution in [2.45, 2.75) is 6.54 Å². The molecule has 3 rings (SSSR count). The second kappa shape index (κ2) is 4.99. The Labute approximate surface area is 110 Å². The Hall–Kier alpha value is -2.53. The predicted octanol–water partition coefficient (Wildman–Crippen LogP) is 2.28. The van der Waals surface area contributed by atoms with Crippen LogP contribution in [-0.2, 0) is 6.54 Å². The molecule has 0 bridgehead atoms. The van der Waals surface area contributed by atoms with Crippen LogP contribution in [0.1, 0.15) is 5.56 Å².